The highest BCUT2D eigenvalue weighted by Crippen LogP contribution is 2.34. The molecule has 5 heteroatoms. The van der Waals surface area contributed by atoms with E-state index in [1.807, 2.05) is 18.8 Å². The summed E-state index contributed by atoms with van der Waals surface area (Å²) in [6.07, 6.45) is 9.96. The molecule has 1 aromatic heterocycles. The zero-order valence-corrected chi connectivity index (χ0v) is 13.1. The highest BCUT2D eigenvalue weighted by atomic mass is 16.5. The number of nitrogens with one attached hydrogen (secondary N) is 1. The van der Waals surface area contributed by atoms with Crippen LogP contribution in [0.3, 0.4) is 0 Å². The summed E-state index contributed by atoms with van der Waals surface area (Å²) in [5.74, 6) is 1.02. The van der Waals surface area contributed by atoms with E-state index in [0.717, 1.165) is 31.7 Å². The second-order valence-electron chi connectivity index (χ2n) is 5.76. The van der Waals surface area contributed by atoms with E-state index in [1.165, 1.54) is 25.7 Å². The molecule has 0 aliphatic heterocycles. The van der Waals surface area contributed by atoms with Crippen LogP contribution in [0.5, 0.6) is 0 Å². The molecule has 1 aliphatic carbocycles. The molecule has 1 unspecified atom stereocenters. The first-order valence-electron chi connectivity index (χ1n) is 7.86. The number of likely N-dealkylation sites (N-methyl/N-ethyl adjacent to an activating group) is 1. The van der Waals surface area contributed by atoms with Gasteiger partial charge in [0.15, 0.2) is 0 Å². The van der Waals surface area contributed by atoms with Crippen molar-refractivity contribution < 1.29 is 4.74 Å². The summed E-state index contributed by atoms with van der Waals surface area (Å²) in [4.78, 5) is 4.37. The average Bonchev–Trinajstić information content (AvgIpc) is 2.71. The molecule has 0 amide bonds. The predicted octanol–water partition coefficient (Wildman–Crippen LogP) is 2.08. The molecule has 0 aromatic carbocycles. The number of aryl methyl sites for hydroxylation is 1. The van der Waals surface area contributed by atoms with Crippen molar-refractivity contribution >= 4 is 0 Å². The zero-order valence-electron chi connectivity index (χ0n) is 13.1. The predicted molar refractivity (Wildman–Crippen MR) is 79.6 cm³/mol. The first-order valence-corrected chi connectivity index (χ1v) is 7.86. The van der Waals surface area contributed by atoms with Crippen molar-refractivity contribution in [2.24, 2.45) is 7.05 Å². The number of ether oxygens (including phenoxy) is 1. The third-order valence-corrected chi connectivity index (χ3v) is 4.56. The molecule has 114 valence electrons. The largest absolute Gasteiger partial charge is 0.374 e. The molecule has 1 aromatic rings. The van der Waals surface area contributed by atoms with Crippen LogP contribution in [0, 0.1) is 0 Å². The Balaban J connectivity index is 2.17. The van der Waals surface area contributed by atoms with E-state index >= 15 is 0 Å². The fourth-order valence-corrected chi connectivity index (χ4v) is 3.45. The molecular formula is C15H28N4O. The maximum absolute atomic E-state index is 6.27. The second-order valence-corrected chi connectivity index (χ2v) is 5.76. The van der Waals surface area contributed by atoms with Gasteiger partial charge in [-0.15, -0.1) is 0 Å². The fraction of sp³-hybridized carbons (Fsp3) is 0.867. The minimum Gasteiger partial charge on any atom is -0.374 e. The number of hydrogen-bond acceptors (Lipinski definition) is 4. The van der Waals surface area contributed by atoms with Gasteiger partial charge in [0.05, 0.1) is 5.60 Å². The lowest BCUT2D eigenvalue weighted by atomic mass is 9.84. The first-order chi connectivity index (χ1) is 9.72. The van der Waals surface area contributed by atoms with E-state index < -0.39 is 0 Å². The van der Waals surface area contributed by atoms with Gasteiger partial charge in [0, 0.05) is 26.1 Å². The topological polar surface area (TPSA) is 52.0 Å². The van der Waals surface area contributed by atoms with Gasteiger partial charge in [-0.25, -0.2) is 4.98 Å². The van der Waals surface area contributed by atoms with Gasteiger partial charge < -0.3 is 10.1 Å². The monoisotopic (exact) mass is 280 g/mol. The van der Waals surface area contributed by atoms with E-state index in [4.69, 9.17) is 4.74 Å². The molecule has 0 bridgehead atoms. The molecule has 0 spiro atoms. The number of rotatable bonds is 6. The highest BCUT2D eigenvalue weighted by Gasteiger charge is 2.39. The maximum Gasteiger partial charge on any atom is 0.138 e. The Morgan fingerprint density at radius 1 is 1.35 bits per heavy atom. The lowest BCUT2D eigenvalue weighted by molar-refractivity contribution is -0.0757. The van der Waals surface area contributed by atoms with Crippen LogP contribution in [-0.4, -0.2) is 40.1 Å². The highest BCUT2D eigenvalue weighted by molar-refractivity contribution is 5.00. The molecule has 1 N–H and O–H groups in total. The van der Waals surface area contributed by atoms with Crippen molar-refractivity contribution in [2.45, 2.75) is 63.5 Å². The van der Waals surface area contributed by atoms with E-state index in [0.29, 0.717) is 6.04 Å². The molecule has 1 fully saturated rings. The lowest BCUT2D eigenvalue weighted by Crippen LogP contribution is -2.53. The second kappa shape index (κ2) is 7.18. The van der Waals surface area contributed by atoms with Crippen LogP contribution in [0.1, 0.15) is 51.3 Å². The van der Waals surface area contributed by atoms with Crippen molar-refractivity contribution in [1.82, 2.24) is 20.1 Å². The minimum absolute atomic E-state index is 0.0497. The van der Waals surface area contributed by atoms with Gasteiger partial charge >= 0.3 is 0 Å². The van der Waals surface area contributed by atoms with Crippen LogP contribution < -0.4 is 5.32 Å². The first kappa shape index (κ1) is 15.4. The third-order valence-electron chi connectivity index (χ3n) is 4.56. The van der Waals surface area contributed by atoms with Crippen LogP contribution in [0.25, 0.3) is 0 Å². The normalized spacial score (nSPS) is 20.6. The van der Waals surface area contributed by atoms with Crippen molar-refractivity contribution in [1.29, 1.82) is 0 Å². The molecule has 1 heterocycles. The Bertz CT molecular complexity index is 396. The standard InChI is InChI=1S/C15H28N4O/c1-4-20-15(9-7-5-6-8-10-15)13(16-2)11-14-17-12-18-19(14)3/h12-13,16H,4-11H2,1-3H3. The van der Waals surface area contributed by atoms with E-state index in [2.05, 4.69) is 22.3 Å². The summed E-state index contributed by atoms with van der Waals surface area (Å²) in [5, 5.41) is 7.66. The van der Waals surface area contributed by atoms with Gasteiger partial charge in [-0.3, -0.25) is 4.68 Å². The third kappa shape index (κ3) is 3.38. The number of hydrogen-bond donors (Lipinski definition) is 1. The van der Waals surface area contributed by atoms with E-state index in [1.54, 1.807) is 6.33 Å². The Morgan fingerprint density at radius 2 is 2.05 bits per heavy atom. The molecule has 0 radical (unpaired) electrons. The molecule has 1 saturated carbocycles. The van der Waals surface area contributed by atoms with Crippen molar-refractivity contribution in [3.63, 3.8) is 0 Å². The summed E-state index contributed by atoms with van der Waals surface area (Å²) >= 11 is 0. The molecular weight excluding hydrogens is 252 g/mol. The quantitative estimate of drug-likeness (QED) is 0.811. The Hall–Kier alpha value is -0.940. The molecule has 20 heavy (non-hydrogen) atoms. The SMILES string of the molecule is CCOC1(C(Cc2ncnn2C)NC)CCCCCC1. The Labute approximate surface area is 122 Å². The fourth-order valence-electron chi connectivity index (χ4n) is 3.45. The summed E-state index contributed by atoms with van der Waals surface area (Å²) in [7, 11) is 3.99. The van der Waals surface area contributed by atoms with Gasteiger partial charge in [0.1, 0.15) is 12.2 Å². The smallest absolute Gasteiger partial charge is 0.138 e. The zero-order chi connectivity index (χ0) is 14.4. The Morgan fingerprint density at radius 3 is 2.55 bits per heavy atom. The Kier molecular flexibility index (Phi) is 5.54. The summed E-state index contributed by atoms with van der Waals surface area (Å²) in [5.41, 5.74) is -0.0497. The van der Waals surface area contributed by atoms with Crippen LogP contribution in [-0.2, 0) is 18.2 Å². The van der Waals surface area contributed by atoms with Crippen LogP contribution in [0.4, 0.5) is 0 Å². The van der Waals surface area contributed by atoms with E-state index in [-0.39, 0.29) is 5.60 Å². The van der Waals surface area contributed by atoms with Crippen molar-refractivity contribution in [3.8, 4) is 0 Å². The van der Waals surface area contributed by atoms with E-state index in [9.17, 15) is 0 Å². The van der Waals surface area contributed by atoms with Gasteiger partial charge in [-0.05, 0) is 26.8 Å². The number of nitrogens with zero attached hydrogens (tertiary/aromatic N) is 3. The van der Waals surface area contributed by atoms with Crippen LogP contribution >= 0.6 is 0 Å². The van der Waals surface area contributed by atoms with Crippen molar-refractivity contribution in [3.05, 3.63) is 12.2 Å². The summed E-state index contributed by atoms with van der Waals surface area (Å²) in [6.45, 7) is 2.87. The molecule has 2 rings (SSSR count). The summed E-state index contributed by atoms with van der Waals surface area (Å²) in [6, 6.07) is 0.295. The van der Waals surface area contributed by atoms with Gasteiger partial charge in [-0.2, -0.15) is 5.10 Å². The van der Waals surface area contributed by atoms with Crippen molar-refractivity contribution in [2.75, 3.05) is 13.7 Å². The summed E-state index contributed by atoms with van der Waals surface area (Å²) < 4.78 is 8.13. The van der Waals surface area contributed by atoms with Crippen LogP contribution in [0.2, 0.25) is 0 Å². The molecule has 5 nitrogen and oxygen atoms in total. The lowest BCUT2D eigenvalue weighted by Gasteiger charge is -2.40. The molecule has 1 aliphatic rings. The number of aromatic nitrogens is 3. The molecule has 1 atom stereocenters. The average molecular weight is 280 g/mol. The van der Waals surface area contributed by atoms with Gasteiger partial charge in [-0.1, -0.05) is 25.7 Å². The maximum atomic E-state index is 6.27. The van der Waals surface area contributed by atoms with Crippen LogP contribution in [0.15, 0.2) is 6.33 Å². The van der Waals surface area contributed by atoms with Gasteiger partial charge in [0.25, 0.3) is 0 Å². The molecule has 0 saturated heterocycles. The minimum atomic E-state index is -0.0497. The van der Waals surface area contributed by atoms with Gasteiger partial charge in [0.2, 0.25) is 0 Å².